The Kier molecular flexibility index (Phi) is 4.98. The maximum atomic E-state index is 13.9. The van der Waals surface area contributed by atoms with Crippen LogP contribution in [0, 0.1) is 17.2 Å². The van der Waals surface area contributed by atoms with Crippen LogP contribution in [0.4, 0.5) is 4.39 Å². The molecular weight excluding hydrogens is 363 g/mol. The zero-order valence-electron chi connectivity index (χ0n) is 14.8. The number of carboxylic acid groups (broad SMARTS) is 1. The number of aliphatic carboxylic acids is 1. The highest BCUT2D eigenvalue weighted by atomic mass is 32.2. The number of hydrogen-bond acceptors (Lipinski definition) is 5. The largest absolute Gasteiger partial charge is 0.493 e. The van der Waals surface area contributed by atoms with Crippen LogP contribution in [0.2, 0.25) is 0 Å². The molecule has 0 spiro atoms. The lowest BCUT2D eigenvalue weighted by Crippen LogP contribution is -2.42. The van der Waals surface area contributed by atoms with Crippen molar-refractivity contribution in [2.75, 3.05) is 39.0 Å². The van der Waals surface area contributed by atoms with Crippen LogP contribution in [0.25, 0.3) is 0 Å². The third-order valence-corrected chi connectivity index (χ3v) is 7.27. The van der Waals surface area contributed by atoms with Gasteiger partial charge in [0.1, 0.15) is 0 Å². The number of ether oxygens (including phenoxy) is 1. The van der Waals surface area contributed by atoms with Gasteiger partial charge in [-0.15, -0.1) is 0 Å². The molecule has 0 aromatic heterocycles. The van der Waals surface area contributed by atoms with Crippen LogP contribution in [-0.4, -0.2) is 67.7 Å². The molecule has 2 fully saturated rings. The number of benzene rings is 1. The summed E-state index contributed by atoms with van der Waals surface area (Å²) in [6.45, 7) is 2.77. The summed E-state index contributed by atoms with van der Waals surface area (Å²) in [7, 11) is -2.03. The summed E-state index contributed by atoms with van der Waals surface area (Å²) in [6, 6.07) is 4.65. The van der Waals surface area contributed by atoms with E-state index < -0.39 is 27.2 Å². The molecule has 0 saturated carbocycles. The van der Waals surface area contributed by atoms with Crippen LogP contribution in [-0.2, 0) is 21.4 Å². The second kappa shape index (κ2) is 6.79. The maximum Gasteiger partial charge on any atom is 0.312 e. The van der Waals surface area contributed by atoms with E-state index in [-0.39, 0.29) is 37.1 Å². The number of carbonyl (C=O) groups is 1. The van der Waals surface area contributed by atoms with Crippen LogP contribution < -0.4 is 4.74 Å². The maximum absolute atomic E-state index is 13.9. The summed E-state index contributed by atoms with van der Waals surface area (Å²) in [5.74, 6) is -1.62. The fraction of sp³-hybridized carbons (Fsp3) is 0.588. The predicted molar refractivity (Wildman–Crippen MR) is 92.8 cm³/mol. The summed E-state index contributed by atoms with van der Waals surface area (Å²) in [5.41, 5.74) is -0.478. The monoisotopic (exact) mass is 386 g/mol. The van der Waals surface area contributed by atoms with Crippen LogP contribution in [0.15, 0.2) is 18.2 Å². The molecule has 2 aliphatic rings. The van der Waals surface area contributed by atoms with Crippen molar-refractivity contribution < 1.29 is 27.4 Å². The minimum atomic E-state index is -3.42. The average Bonchev–Trinajstić information content (AvgIpc) is 3.10. The first-order chi connectivity index (χ1) is 12.2. The lowest BCUT2D eigenvalue weighted by atomic mass is 9.81. The van der Waals surface area contributed by atoms with E-state index in [1.54, 1.807) is 19.1 Å². The van der Waals surface area contributed by atoms with E-state index in [1.807, 2.05) is 4.90 Å². The van der Waals surface area contributed by atoms with Gasteiger partial charge in [0.15, 0.2) is 11.6 Å². The van der Waals surface area contributed by atoms with Gasteiger partial charge in [-0.3, -0.25) is 9.69 Å². The smallest absolute Gasteiger partial charge is 0.312 e. The summed E-state index contributed by atoms with van der Waals surface area (Å²) < 4.78 is 44.6. The van der Waals surface area contributed by atoms with E-state index in [0.717, 1.165) is 0 Å². The number of halogens is 1. The quantitative estimate of drug-likeness (QED) is 0.785. The molecule has 144 valence electrons. The Morgan fingerprint density at radius 2 is 2.12 bits per heavy atom. The first-order valence-electron chi connectivity index (χ1n) is 8.48. The number of carboxylic acids is 1. The first kappa shape index (κ1) is 19.1. The van der Waals surface area contributed by atoms with E-state index >= 15 is 0 Å². The number of fused-ring (bicyclic) bond motifs is 1. The van der Waals surface area contributed by atoms with Crippen molar-refractivity contribution in [3.05, 3.63) is 29.6 Å². The Morgan fingerprint density at radius 1 is 1.38 bits per heavy atom. The molecule has 1 aromatic carbocycles. The molecule has 9 heteroatoms. The van der Waals surface area contributed by atoms with Crippen molar-refractivity contribution in [2.45, 2.75) is 13.5 Å². The molecule has 0 bridgehead atoms. The van der Waals surface area contributed by atoms with Gasteiger partial charge in [-0.25, -0.2) is 17.1 Å². The van der Waals surface area contributed by atoms with Gasteiger partial charge in [-0.1, -0.05) is 12.1 Å². The van der Waals surface area contributed by atoms with Gasteiger partial charge in [0.2, 0.25) is 10.0 Å². The van der Waals surface area contributed by atoms with Gasteiger partial charge < -0.3 is 9.84 Å². The van der Waals surface area contributed by atoms with Crippen LogP contribution in [0.3, 0.4) is 0 Å². The molecule has 0 aliphatic carbocycles. The number of nitrogens with zero attached hydrogens (tertiary/aromatic N) is 2. The highest BCUT2D eigenvalue weighted by Gasteiger charge is 2.59. The number of methoxy groups -OCH3 is 1. The molecule has 1 aromatic rings. The van der Waals surface area contributed by atoms with Gasteiger partial charge in [0, 0.05) is 44.2 Å². The fourth-order valence-corrected chi connectivity index (χ4v) is 5.29. The van der Waals surface area contributed by atoms with Gasteiger partial charge in [-0.2, -0.15) is 0 Å². The fourth-order valence-electron chi connectivity index (χ4n) is 4.09. The van der Waals surface area contributed by atoms with E-state index in [9.17, 15) is 22.7 Å². The van der Waals surface area contributed by atoms with Crippen molar-refractivity contribution in [1.29, 1.82) is 0 Å². The number of sulfonamides is 1. The number of para-hydroxylation sites is 1. The van der Waals surface area contributed by atoms with Crippen molar-refractivity contribution in [2.24, 2.45) is 11.3 Å². The van der Waals surface area contributed by atoms with E-state index in [1.165, 1.54) is 17.5 Å². The van der Waals surface area contributed by atoms with Crippen molar-refractivity contribution in [3.8, 4) is 5.75 Å². The van der Waals surface area contributed by atoms with Gasteiger partial charge >= 0.3 is 5.97 Å². The van der Waals surface area contributed by atoms with Crippen LogP contribution in [0.5, 0.6) is 5.75 Å². The zero-order chi connectivity index (χ0) is 19.1. The molecule has 2 atom stereocenters. The van der Waals surface area contributed by atoms with Gasteiger partial charge in [0.25, 0.3) is 0 Å². The van der Waals surface area contributed by atoms with E-state index in [0.29, 0.717) is 18.7 Å². The average molecular weight is 386 g/mol. The third kappa shape index (κ3) is 3.08. The molecule has 2 aliphatic heterocycles. The Morgan fingerprint density at radius 3 is 2.69 bits per heavy atom. The Balaban J connectivity index is 1.81. The minimum absolute atomic E-state index is 0.0139. The minimum Gasteiger partial charge on any atom is -0.493 e. The molecule has 3 rings (SSSR count). The first-order valence-corrected chi connectivity index (χ1v) is 10.1. The van der Waals surface area contributed by atoms with Crippen molar-refractivity contribution in [3.63, 3.8) is 0 Å². The van der Waals surface area contributed by atoms with Crippen molar-refractivity contribution >= 4 is 16.0 Å². The number of likely N-dealkylation sites (tertiary alicyclic amines) is 1. The molecule has 26 heavy (non-hydrogen) atoms. The highest BCUT2D eigenvalue weighted by molar-refractivity contribution is 7.89. The molecule has 0 radical (unpaired) electrons. The zero-order valence-corrected chi connectivity index (χ0v) is 15.6. The lowest BCUT2D eigenvalue weighted by molar-refractivity contribution is -0.148. The summed E-state index contributed by atoms with van der Waals surface area (Å²) in [6.07, 6.45) is 0. The highest BCUT2D eigenvalue weighted by Crippen LogP contribution is 2.44. The second-order valence-corrected chi connectivity index (χ2v) is 9.21. The number of rotatable bonds is 6. The molecule has 0 amide bonds. The SMILES string of the molecule is CCS(=O)(=O)N1C[C@H]2CN(Cc3cccc(F)c3OC)C[C@@]2(C(=O)O)C1. The lowest BCUT2D eigenvalue weighted by Gasteiger charge is -2.25. The van der Waals surface area contributed by atoms with Gasteiger partial charge in [-0.05, 0) is 13.0 Å². The molecule has 2 heterocycles. The molecule has 7 nitrogen and oxygen atoms in total. The van der Waals surface area contributed by atoms with Crippen molar-refractivity contribution in [1.82, 2.24) is 9.21 Å². The van der Waals surface area contributed by atoms with Crippen LogP contribution in [0.1, 0.15) is 12.5 Å². The second-order valence-electron chi connectivity index (χ2n) is 6.95. The standard InChI is InChI=1S/C17H23FN2O5S/c1-3-26(23,24)20-9-13-8-19(10-17(13,11-20)16(21)22)7-12-5-4-6-14(18)15(12)25-2/h4-6,13H,3,7-11H2,1-2H3,(H,21,22)/t13-,17-/m1/s1. The van der Waals surface area contributed by atoms with Gasteiger partial charge in [0.05, 0.1) is 18.3 Å². The topological polar surface area (TPSA) is 87.2 Å². The van der Waals surface area contributed by atoms with E-state index in [4.69, 9.17) is 4.74 Å². The molecule has 0 unspecified atom stereocenters. The Labute approximate surface area is 152 Å². The van der Waals surface area contributed by atoms with Crippen LogP contribution >= 0.6 is 0 Å². The third-order valence-electron chi connectivity index (χ3n) is 5.48. The van der Waals surface area contributed by atoms with E-state index in [2.05, 4.69) is 0 Å². The summed E-state index contributed by atoms with van der Waals surface area (Å²) in [5, 5.41) is 9.83. The normalized spacial score (nSPS) is 26.8. The number of hydrogen-bond donors (Lipinski definition) is 1. The molecular formula is C17H23FN2O5S. The summed E-state index contributed by atoms with van der Waals surface area (Å²) >= 11 is 0. The summed E-state index contributed by atoms with van der Waals surface area (Å²) in [4.78, 5) is 13.9. The predicted octanol–water partition coefficient (Wildman–Crippen LogP) is 1.00. The molecule has 2 saturated heterocycles. The molecule has 1 N–H and O–H groups in total. The Hall–Kier alpha value is -1.71. The Bertz CT molecular complexity index is 815.